The van der Waals surface area contributed by atoms with Gasteiger partial charge >= 0.3 is 0 Å². The van der Waals surface area contributed by atoms with Gasteiger partial charge in [0.1, 0.15) is 5.69 Å². The first-order valence-corrected chi connectivity index (χ1v) is 12.0. The molecule has 0 unspecified atom stereocenters. The molecule has 4 aliphatic rings. The highest BCUT2D eigenvalue weighted by Gasteiger charge is 2.48. The minimum atomic E-state index is -3.77. The van der Waals surface area contributed by atoms with Gasteiger partial charge in [-0.1, -0.05) is 0 Å². The molecule has 4 aliphatic carbocycles. The third kappa shape index (κ3) is 4.27. The molecule has 0 aromatic heterocycles. The smallest absolute Gasteiger partial charge is 0.293 e. The van der Waals surface area contributed by atoms with Gasteiger partial charge in [-0.3, -0.25) is 10.1 Å². The first-order chi connectivity index (χ1) is 13.7. The molecular formula is C20H31N4O4S+. The van der Waals surface area contributed by atoms with Crippen molar-refractivity contribution in [1.82, 2.24) is 4.72 Å². The van der Waals surface area contributed by atoms with Crippen LogP contribution in [0.3, 0.4) is 0 Å². The van der Waals surface area contributed by atoms with Gasteiger partial charge in [0.25, 0.3) is 5.69 Å². The SMILES string of the molecule is C[NH+](C)CCNS(=O)(=O)c1ccc(NC2C3CC4CC(C3)CC2C4)c([N+](=O)[O-])c1. The number of rotatable bonds is 8. The summed E-state index contributed by atoms with van der Waals surface area (Å²) in [6, 6.07) is 4.47. The van der Waals surface area contributed by atoms with E-state index >= 15 is 0 Å². The molecular weight excluding hydrogens is 392 g/mol. The molecule has 0 saturated heterocycles. The van der Waals surface area contributed by atoms with E-state index in [0.717, 1.165) is 16.7 Å². The average molecular weight is 424 g/mol. The zero-order chi connectivity index (χ0) is 20.8. The predicted octanol–water partition coefficient (Wildman–Crippen LogP) is 1.25. The number of sulfonamides is 1. The van der Waals surface area contributed by atoms with E-state index in [-0.39, 0.29) is 23.2 Å². The lowest BCUT2D eigenvalue weighted by molar-refractivity contribution is -0.856. The van der Waals surface area contributed by atoms with Crippen molar-refractivity contribution in [3.05, 3.63) is 28.3 Å². The van der Waals surface area contributed by atoms with Gasteiger partial charge in [-0.15, -0.1) is 0 Å². The largest absolute Gasteiger partial charge is 0.376 e. The Kier molecular flexibility index (Phi) is 5.56. The van der Waals surface area contributed by atoms with E-state index in [1.165, 1.54) is 44.2 Å². The summed E-state index contributed by atoms with van der Waals surface area (Å²) in [5, 5.41) is 15.1. The number of quaternary nitrogens is 1. The number of hydrogen-bond acceptors (Lipinski definition) is 5. The fourth-order valence-corrected chi connectivity index (χ4v) is 6.86. The number of nitro benzene ring substituents is 1. The lowest BCUT2D eigenvalue weighted by Gasteiger charge is -2.54. The van der Waals surface area contributed by atoms with Gasteiger partial charge in [0, 0.05) is 12.1 Å². The third-order valence-electron chi connectivity index (χ3n) is 6.94. The molecule has 0 heterocycles. The van der Waals surface area contributed by atoms with E-state index in [1.807, 2.05) is 14.1 Å². The van der Waals surface area contributed by atoms with Crippen LogP contribution < -0.4 is 14.9 Å². The van der Waals surface area contributed by atoms with Gasteiger partial charge in [0.2, 0.25) is 10.0 Å². The van der Waals surface area contributed by atoms with Crippen LogP contribution in [0.15, 0.2) is 23.1 Å². The van der Waals surface area contributed by atoms with Crippen LogP contribution in [0, 0.1) is 33.8 Å². The van der Waals surface area contributed by atoms with Crippen molar-refractivity contribution in [3.63, 3.8) is 0 Å². The molecule has 29 heavy (non-hydrogen) atoms. The minimum absolute atomic E-state index is 0.0615. The molecule has 0 amide bonds. The van der Waals surface area contributed by atoms with E-state index in [9.17, 15) is 18.5 Å². The molecule has 0 aliphatic heterocycles. The predicted molar refractivity (Wildman–Crippen MR) is 110 cm³/mol. The van der Waals surface area contributed by atoms with Crippen LogP contribution in [0.1, 0.15) is 32.1 Å². The van der Waals surface area contributed by atoms with E-state index < -0.39 is 14.9 Å². The molecule has 5 rings (SSSR count). The van der Waals surface area contributed by atoms with Crippen LogP contribution in [0.2, 0.25) is 0 Å². The number of anilines is 1. The van der Waals surface area contributed by atoms with Gasteiger partial charge in [0.15, 0.2) is 0 Å². The van der Waals surface area contributed by atoms with Crippen molar-refractivity contribution >= 4 is 21.4 Å². The second-order valence-electron chi connectivity index (χ2n) is 9.39. The fourth-order valence-electron chi connectivity index (χ4n) is 5.81. The second kappa shape index (κ2) is 7.85. The Hall–Kier alpha value is -1.71. The van der Waals surface area contributed by atoms with Gasteiger partial charge < -0.3 is 10.2 Å². The van der Waals surface area contributed by atoms with E-state index in [0.29, 0.717) is 24.1 Å². The molecule has 0 radical (unpaired) electrons. The standard InChI is InChI=1S/C20H30N4O4S/c1-23(2)6-5-21-29(27,28)17-3-4-18(19(12-17)24(25)26)22-20-15-8-13-7-14(10-15)11-16(20)9-13/h3-4,12-16,20-22H,5-11H2,1-2H3/p+1. The third-order valence-corrected chi connectivity index (χ3v) is 8.40. The summed E-state index contributed by atoms with van der Waals surface area (Å²) >= 11 is 0. The normalized spacial score (nSPS) is 30.7. The Morgan fingerprint density at radius 2 is 1.72 bits per heavy atom. The number of nitrogens with zero attached hydrogens (tertiary/aromatic N) is 1. The first-order valence-electron chi connectivity index (χ1n) is 10.6. The quantitative estimate of drug-likeness (QED) is 0.431. The summed E-state index contributed by atoms with van der Waals surface area (Å²) in [6.07, 6.45) is 6.20. The van der Waals surface area contributed by atoms with Gasteiger partial charge in [-0.25, -0.2) is 13.1 Å². The highest BCUT2D eigenvalue weighted by atomic mass is 32.2. The Morgan fingerprint density at radius 3 is 2.28 bits per heavy atom. The molecule has 8 nitrogen and oxygen atoms in total. The van der Waals surface area contributed by atoms with Gasteiger partial charge in [-0.2, -0.15) is 0 Å². The Morgan fingerprint density at radius 1 is 1.10 bits per heavy atom. The maximum absolute atomic E-state index is 12.5. The van der Waals surface area contributed by atoms with Crippen molar-refractivity contribution < 1.29 is 18.2 Å². The highest BCUT2D eigenvalue weighted by Crippen LogP contribution is 2.54. The molecule has 4 saturated carbocycles. The number of nitro groups is 1. The van der Waals surface area contributed by atoms with Crippen molar-refractivity contribution in [2.45, 2.75) is 43.0 Å². The van der Waals surface area contributed by atoms with Crippen LogP contribution in [0.5, 0.6) is 0 Å². The first kappa shape index (κ1) is 20.6. The second-order valence-corrected chi connectivity index (χ2v) is 11.2. The van der Waals surface area contributed by atoms with Crippen LogP contribution in [0.25, 0.3) is 0 Å². The van der Waals surface area contributed by atoms with Gasteiger partial charge in [0.05, 0.1) is 37.0 Å². The molecule has 0 spiro atoms. The van der Waals surface area contributed by atoms with Crippen molar-refractivity contribution in [2.24, 2.45) is 23.7 Å². The van der Waals surface area contributed by atoms with E-state index in [4.69, 9.17) is 0 Å². The lowest BCUT2D eigenvalue weighted by atomic mass is 9.54. The molecule has 3 N–H and O–H groups in total. The number of hydrogen-bond donors (Lipinski definition) is 3. The Balaban J connectivity index is 1.53. The van der Waals surface area contributed by atoms with Crippen molar-refractivity contribution in [1.29, 1.82) is 0 Å². The molecule has 160 valence electrons. The van der Waals surface area contributed by atoms with E-state index in [1.54, 1.807) is 6.07 Å². The highest BCUT2D eigenvalue weighted by molar-refractivity contribution is 7.89. The summed E-state index contributed by atoms with van der Waals surface area (Å²) in [7, 11) is 0.0946. The Bertz CT molecular complexity index is 858. The Labute approximate surface area is 172 Å². The summed E-state index contributed by atoms with van der Waals surface area (Å²) in [5.41, 5.74) is 0.268. The molecule has 1 aromatic rings. The van der Waals surface area contributed by atoms with Gasteiger partial charge in [-0.05, 0) is 67.9 Å². The molecule has 0 atom stereocenters. The summed E-state index contributed by atoms with van der Waals surface area (Å²) in [6.45, 7) is 0.916. The summed E-state index contributed by atoms with van der Waals surface area (Å²) in [5.74, 6) is 2.80. The topological polar surface area (TPSA) is 106 Å². The van der Waals surface area contributed by atoms with Crippen molar-refractivity contribution in [3.8, 4) is 0 Å². The minimum Gasteiger partial charge on any atom is -0.376 e. The molecule has 1 aromatic carbocycles. The van der Waals surface area contributed by atoms with Crippen LogP contribution in [-0.2, 0) is 10.0 Å². The maximum Gasteiger partial charge on any atom is 0.293 e. The number of nitrogens with one attached hydrogen (secondary N) is 3. The molecule has 4 fully saturated rings. The van der Waals surface area contributed by atoms with Crippen molar-refractivity contribution in [2.75, 3.05) is 32.5 Å². The zero-order valence-corrected chi connectivity index (χ0v) is 17.9. The van der Waals surface area contributed by atoms with E-state index in [2.05, 4.69) is 10.0 Å². The maximum atomic E-state index is 12.5. The lowest BCUT2D eigenvalue weighted by Crippen LogP contribution is -3.06. The van der Waals surface area contributed by atoms with Crippen LogP contribution >= 0.6 is 0 Å². The number of likely N-dealkylation sites (N-methyl/N-ethyl adjacent to an activating group) is 1. The monoisotopic (exact) mass is 423 g/mol. The summed E-state index contributed by atoms with van der Waals surface area (Å²) in [4.78, 5) is 12.3. The molecule has 9 heteroatoms. The summed E-state index contributed by atoms with van der Waals surface area (Å²) < 4.78 is 27.6. The van der Waals surface area contributed by atoms with Crippen LogP contribution in [-0.4, -0.2) is 46.6 Å². The zero-order valence-electron chi connectivity index (χ0n) is 17.1. The van der Waals surface area contributed by atoms with Crippen LogP contribution in [0.4, 0.5) is 11.4 Å². The fraction of sp³-hybridized carbons (Fsp3) is 0.700. The number of benzene rings is 1. The molecule has 4 bridgehead atoms. The average Bonchev–Trinajstić information content (AvgIpc) is 2.63.